The first-order valence-corrected chi connectivity index (χ1v) is 8.71. The van der Waals surface area contributed by atoms with Crippen LogP contribution in [0.5, 0.6) is 0 Å². The lowest BCUT2D eigenvalue weighted by Gasteiger charge is -2.06. The van der Waals surface area contributed by atoms with Crippen LogP contribution in [0.15, 0.2) is 64.9 Å². The fraction of sp³-hybridized carbons (Fsp3) is 0.0556. The summed E-state index contributed by atoms with van der Waals surface area (Å²) in [6.45, 7) is 0.351. The largest absolute Gasteiger partial charge is 0.459 e. The molecule has 2 amide bonds. The van der Waals surface area contributed by atoms with Crippen molar-refractivity contribution in [3.8, 4) is 0 Å². The highest BCUT2D eigenvalue weighted by Gasteiger charge is 2.10. The third-order valence-corrected chi connectivity index (χ3v) is 4.49. The van der Waals surface area contributed by atoms with Crippen LogP contribution >= 0.6 is 11.3 Å². The molecule has 0 radical (unpaired) electrons. The summed E-state index contributed by atoms with van der Waals surface area (Å²) in [5.41, 5.74) is 1.88. The number of aromatic nitrogens is 2. The number of imidazole rings is 1. The lowest BCUT2D eigenvalue weighted by Crippen LogP contribution is -2.23. The Labute approximate surface area is 152 Å². The quantitative estimate of drug-likeness (QED) is 0.568. The van der Waals surface area contributed by atoms with Gasteiger partial charge in [0.15, 0.2) is 10.7 Å². The van der Waals surface area contributed by atoms with Gasteiger partial charge in [-0.1, -0.05) is 0 Å². The van der Waals surface area contributed by atoms with E-state index < -0.39 is 0 Å². The highest BCUT2D eigenvalue weighted by atomic mass is 32.1. The molecule has 0 fully saturated rings. The number of hydrogen-bond acceptors (Lipinski definition) is 5. The number of carbonyl (C=O) groups is 2. The number of fused-ring (bicyclic) bond motifs is 1. The van der Waals surface area contributed by atoms with E-state index in [1.54, 1.807) is 47.7 Å². The van der Waals surface area contributed by atoms with E-state index in [-0.39, 0.29) is 17.6 Å². The predicted octanol–water partition coefficient (Wildman–Crippen LogP) is 3.17. The number of furan rings is 1. The van der Waals surface area contributed by atoms with Crippen LogP contribution in [-0.4, -0.2) is 21.2 Å². The lowest BCUT2D eigenvalue weighted by molar-refractivity contribution is 0.0949. The number of amides is 2. The maximum Gasteiger partial charge on any atom is 0.291 e. The number of thiazole rings is 1. The molecule has 26 heavy (non-hydrogen) atoms. The van der Waals surface area contributed by atoms with Gasteiger partial charge in [-0.3, -0.25) is 14.0 Å². The molecule has 3 aromatic heterocycles. The number of anilines is 1. The third-order valence-electron chi connectivity index (χ3n) is 3.72. The van der Waals surface area contributed by atoms with Crippen molar-refractivity contribution < 1.29 is 14.0 Å². The van der Waals surface area contributed by atoms with Gasteiger partial charge in [-0.2, -0.15) is 0 Å². The maximum absolute atomic E-state index is 12.2. The number of benzene rings is 1. The molecule has 0 spiro atoms. The molecule has 3 heterocycles. The van der Waals surface area contributed by atoms with Crippen LogP contribution in [-0.2, 0) is 6.54 Å². The zero-order valence-corrected chi connectivity index (χ0v) is 14.3. The molecule has 4 rings (SSSR count). The normalized spacial score (nSPS) is 10.8. The number of nitrogens with zero attached hydrogens (tertiary/aromatic N) is 2. The Hall–Kier alpha value is -3.39. The fourth-order valence-corrected chi connectivity index (χ4v) is 3.16. The van der Waals surface area contributed by atoms with Crippen molar-refractivity contribution in [2.75, 3.05) is 5.32 Å². The van der Waals surface area contributed by atoms with Crippen molar-refractivity contribution in [2.45, 2.75) is 6.54 Å². The SMILES string of the molecule is O=C(NCc1cn2ccsc2n1)c1ccc(NC(=O)c2ccco2)cc1. The Balaban J connectivity index is 1.35. The van der Waals surface area contributed by atoms with Crippen LogP contribution in [0.4, 0.5) is 5.69 Å². The molecule has 0 unspecified atom stereocenters. The van der Waals surface area contributed by atoms with Gasteiger partial charge in [-0.05, 0) is 36.4 Å². The van der Waals surface area contributed by atoms with Gasteiger partial charge < -0.3 is 15.1 Å². The first-order chi connectivity index (χ1) is 12.7. The maximum atomic E-state index is 12.2. The van der Waals surface area contributed by atoms with Gasteiger partial charge in [0, 0.05) is 29.0 Å². The zero-order chi connectivity index (χ0) is 17.9. The summed E-state index contributed by atoms with van der Waals surface area (Å²) in [7, 11) is 0. The molecule has 8 heteroatoms. The van der Waals surface area contributed by atoms with Crippen molar-refractivity contribution in [3.63, 3.8) is 0 Å². The molecule has 0 atom stereocenters. The Morgan fingerprint density at radius 3 is 2.73 bits per heavy atom. The van der Waals surface area contributed by atoms with Gasteiger partial charge in [-0.15, -0.1) is 11.3 Å². The molecule has 0 saturated carbocycles. The second kappa shape index (κ2) is 6.85. The minimum absolute atomic E-state index is 0.203. The molecular formula is C18H14N4O3S. The van der Waals surface area contributed by atoms with E-state index in [1.165, 1.54) is 6.26 Å². The van der Waals surface area contributed by atoms with Crippen LogP contribution < -0.4 is 10.6 Å². The molecule has 7 nitrogen and oxygen atoms in total. The molecule has 0 aliphatic rings. The number of nitrogens with one attached hydrogen (secondary N) is 2. The van der Waals surface area contributed by atoms with Gasteiger partial charge in [0.05, 0.1) is 18.5 Å². The summed E-state index contributed by atoms with van der Waals surface area (Å²) in [6, 6.07) is 9.87. The number of carbonyl (C=O) groups excluding carboxylic acids is 2. The monoisotopic (exact) mass is 366 g/mol. The van der Waals surface area contributed by atoms with Crippen LogP contribution in [0.2, 0.25) is 0 Å². The molecule has 4 aromatic rings. The summed E-state index contributed by atoms with van der Waals surface area (Å²) in [5, 5.41) is 7.50. The van der Waals surface area contributed by atoms with Crippen molar-refractivity contribution >= 4 is 33.8 Å². The van der Waals surface area contributed by atoms with Crippen LogP contribution in [0, 0.1) is 0 Å². The van der Waals surface area contributed by atoms with Gasteiger partial charge in [0.1, 0.15) is 0 Å². The smallest absolute Gasteiger partial charge is 0.291 e. The van der Waals surface area contributed by atoms with E-state index in [1.807, 2.05) is 22.2 Å². The van der Waals surface area contributed by atoms with E-state index in [0.717, 1.165) is 10.7 Å². The fourth-order valence-electron chi connectivity index (χ4n) is 2.44. The topological polar surface area (TPSA) is 88.6 Å². The van der Waals surface area contributed by atoms with Crippen molar-refractivity contribution in [1.82, 2.24) is 14.7 Å². The Morgan fingerprint density at radius 1 is 1.15 bits per heavy atom. The van der Waals surface area contributed by atoms with Gasteiger partial charge in [-0.25, -0.2) is 4.98 Å². The minimum Gasteiger partial charge on any atom is -0.459 e. The van der Waals surface area contributed by atoms with Gasteiger partial charge in [0.2, 0.25) is 0 Å². The first-order valence-electron chi connectivity index (χ1n) is 7.83. The third kappa shape index (κ3) is 3.35. The summed E-state index contributed by atoms with van der Waals surface area (Å²) in [6.07, 6.45) is 5.25. The molecule has 0 aliphatic heterocycles. The second-order valence-electron chi connectivity index (χ2n) is 5.52. The van der Waals surface area contributed by atoms with E-state index >= 15 is 0 Å². The number of rotatable bonds is 5. The van der Waals surface area contributed by atoms with Crippen molar-refractivity contribution in [1.29, 1.82) is 0 Å². The van der Waals surface area contributed by atoms with Gasteiger partial charge in [0.25, 0.3) is 11.8 Å². The van der Waals surface area contributed by atoms with E-state index in [2.05, 4.69) is 15.6 Å². The molecule has 2 N–H and O–H groups in total. The zero-order valence-electron chi connectivity index (χ0n) is 13.5. The summed E-state index contributed by atoms with van der Waals surface area (Å²) >= 11 is 1.54. The summed E-state index contributed by atoms with van der Waals surface area (Å²) < 4.78 is 6.96. The van der Waals surface area contributed by atoms with E-state index in [9.17, 15) is 9.59 Å². The highest BCUT2D eigenvalue weighted by Crippen LogP contribution is 2.13. The minimum atomic E-state index is -0.341. The summed E-state index contributed by atoms with van der Waals surface area (Å²) in [4.78, 5) is 29.5. The average Bonchev–Trinajstić information content (AvgIpc) is 3.37. The van der Waals surface area contributed by atoms with Gasteiger partial charge >= 0.3 is 0 Å². The van der Waals surface area contributed by atoms with Crippen LogP contribution in [0.1, 0.15) is 26.6 Å². The highest BCUT2D eigenvalue weighted by molar-refractivity contribution is 7.15. The molecular weight excluding hydrogens is 352 g/mol. The van der Waals surface area contributed by atoms with Crippen molar-refractivity contribution in [2.24, 2.45) is 0 Å². The number of hydrogen-bond donors (Lipinski definition) is 2. The molecule has 0 bridgehead atoms. The molecule has 0 saturated heterocycles. The standard InChI is InChI=1S/C18H14N4O3S/c23-16(19-10-14-11-22-7-9-26-18(22)21-14)12-3-5-13(6-4-12)20-17(24)15-2-1-8-25-15/h1-9,11H,10H2,(H,19,23)(H,20,24). The first kappa shape index (κ1) is 16.1. The van der Waals surface area contributed by atoms with Crippen molar-refractivity contribution in [3.05, 3.63) is 77.5 Å². The summed E-state index contributed by atoms with van der Waals surface area (Å²) in [5.74, 6) is -0.316. The lowest BCUT2D eigenvalue weighted by atomic mass is 10.2. The molecule has 1 aromatic carbocycles. The predicted molar refractivity (Wildman–Crippen MR) is 97.3 cm³/mol. The van der Waals surface area contributed by atoms with E-state index in [4.69, 9.17) is 4.42 Å². The Kier molecular flexibility index (Phi) is 4.24. The Morgan fingerprint density at radius 2 is 2.00 bits per heavy atom. The van der Waals surface area contributed by atoms with Crippen LogP contribution in [0.3, 0.4) is 0 Å². The Bertz CT molecular complexity index is 1020. The average molecular weight is 366 g/mol. The molecule has 0 aliphatic carbocycles. The van der Waals surface area contributed by atoms with Crippen LogP contribution in [0.25, 0.3) is 4.96 Å². The molecule has 130 valence electrons. The second-order valence-corrected chi connectivity index (χ2v) is 6.39. The van der Waals surface area contributed by atoms with E-state index in [0.29, 0.717) is 17.8 Å².